The number of rotatable bonds is 16. The van der Waals surface area contributed by atoms with Gasteiger partial charge in [0.25, 0.3) is 0 Å². The van der Waals surface area contributed by atoms with Gasteiger partial charge in [0.15, 0.2) is 0 Å². The lowest BCUT2D eigenvalue weighted by Gasteiger charge is -2.09. The number of hydrogen-bond acceptors (Lipinski definition) is 2. The van der Waals surface area contributed by atoms with Crippen LogP contribution in [0.5, 0.6) is 0 Å². The molecule has 42 heavy (non-hydrogen) atoms. The highest BCUT2D eigenvalue weighted by atomic mass is 16.4. The largest absolute Gasteiger partial charge is 0.478 e. The van der Waals surface area contributed by atoms with E-state index in [2.05, 4.69) is 35.1 Å². The van der Waals surface area contributed by atoms with E-state index in [1.54, 1.807) is 12.1 Å². The van der Waals surface area contributed by atoms with Crippen molar-refractivity contribution in [2.24, 2.45) is 0 Å². The van der Waals surface area contributed by atoms with Crippen molar-refractivity contribution in [1.29, 1.82) is 0 Å². The minimum atomic E-state index is -0.923. The first kappa shape index (κ1) is 29.7. The van der Waals surface area contributed by atoms with Gasteiger partial charge in [-0.15, -0.1) is 0 Å². The van der Waals surface area contributed by atoms with Crippen molar-refractivity contribution in [3.63, 3.8) is 0 Å². The Morgan fingerprint density at radius 2 is 0.857 bits per heavy atom. The maximum atomic E-state index is 11.9. The van der Waals surface area contributed by atoms with Crippen molar-refractivity contribution in [3.8, 4) is 0 Å². The number of carboxylic acids is 2. The molecule has 2 N–H and O–H groups in total. The topological polar surface area (TPSA) is 84.5 Å². The van der Waals surface area contributed by atoms with Crippen LogP contribution in [0.1, 0.15) is 112 Å². The second-order valence-electron chi connectivity index (χ2n) is 11.8. The van der Waals surface area contributed by atoms with E-state index in [0.717, 1.165) is 82.4 Å². The fourth-order valence-corrected chi connectivity index (χ4v) is 6.54. The van der Waals surface area contributed by atoms with E-state index in [9.17, 15) is 19.8 Å². The highest BCUT2D eigenvalue weighted by Crippen LogP contribution is 2.38. The van der Waals surface area contributed by atoms with E-state index >= 15 is 0 Å². The van der Waals surface area contributed by atoms with Gasteiger partial charge in [-0.1, -0.05) is 78.1 Å². The first-order chi connectivity index (χ1) is 20.4. The first-order valence-corrected chi connectivity index (χ1v) is 15.9. The summed E-state index contributed by atoms with van der Waals surface area (Å²) < 4.78 is 4.68. The quantitative estimate of drug-likeness (QED) is 0.116. The normalized spacial score (nSPS) is 11.9. The molecule has 6 nitrogen and oxygen atoms in total. The number of carbonyl (C=O) groups is 2. The highest BCUT2D eigenvalue weighted by Gasteiger charge is 2.19. The maximum absolute atomic E-state index is 11.9. The van der Waals surface area contributed by atoms with Gasteiger partial charge in [-0.05, 0) is 61.4 Å². The molecule has 222 valence electrons. The maximum Gasteiger partial charge on any atom is 0.335 e. The summed E-state index contributed by atoms with van der Waals surface area (Å²) in [6.45, 7) is 6.18. The third kappa shape index (κ3) is 6.04. The summed E-state index contributed by atoms with van der Waals surface area (Å²) in [5.41, 5.74) is 4.84. The second kappa shape index (κ2) is 13.5. The number of carboxylic acid groups (broad SMARTS) is 2. The third-order valence-corrected chi connectivity index (χ3v) is 8.82. The molecular weight excluding hydrogens is 524 g/mol. The van der Waals surface area contributed by atoms with Gasteiger partial charge in [0, 0.05) is 56.7 Å². The second-order valence-corrected chi connectivity index (χ2v) is 11.8. The molecule has 0 atom stereocenters. The van der Waals surface area contributed by atoms with Gasteiger partial charge < -0.3 is 19.3 Å². The van der Waals surface area contributed by atoms with Crippen LogP contribution in [-0.2, 0) is 13.1 Å². The van der Waals surface area contributed by atoms with E-state index in [4.69, 9.17) is 0 Å². The zero-order chi connectivity index (χ0) is 29.6. The number of aromatic carboxylic acids is 2. The summed E-state index contributed by atoms with van der Waals surface area (Å²) in [5, 5.41) is 23.6. The van der Waals surface area contributed by atoms with Gasteiger partial charge in [-0.2, -0.15) is 0 Å². The van der Waals surface area contributed by atoms with Gasteiger partial charge in [-0.25, -0.2) is 9.59 Å². The minimum absolute atomic E-state index is 0.292. The van der Waals surface area contributed by atoms with Crippen LogP contribution in [0.2, 0.25) is 0 Å². The molecule has 3 aromatic carbocycles. The Balaban J connectivity index is 1.64. The number of unbranched alkanes of at least 4 members (excludes halogenated alkanes) is 10. The van der Waals surface area contributed by atoms with E-state index < -0.39 is 11.9 Å². The predicted molar refractivity (Wildman–Crippen MR) is 173 cm³/mol. The van der Waals surface area contributed by atoms with Gasteiger partial charge >= 0.3 is 11.9 Å². The van der Waals surface area contributed by atoms with Gasteiger partial charge in [-0.3, -0.25) is 0 Å². The Bertz CT molecular complexity index is 1600. The molecule has 2 aromatic heterocycles. The van der Waals surface area contributed by atoms with E-state index in [1.807, 2.05) is 24.3 Å². The molecule has 0 fully saturated rings. The summed E-state index contributed by atoms with van der Waals surface area (Å²) >= 11 is 0. The Morgan fingerprint density at radius 3 is 1.24 bits per heavy atom. The Labute approximate surface area is 247 Å². The summed E-state index contributed by atoms with van der Waals surface area (Å²) in [6.07, 6.45) is 14.4. The van der Waals surface area contributed by atoms with Crippen molar-refractivity contribution >= 4 is 55.6 Å². The molecule has 0 bridgehead atoms. The van der Waals surface area contributed by atoms with Crippen LogP contribution in [0.15, 0.2) is 48.5 Å². The smallest absolute Gasteiger partial charge is 0.335 e. The number of aryl methyl sites for hydroxylation is 2. The van der Waals surface area contributed by atoms with Gasteiger partial charge in [0.05, 0.1) is 11.1 Å². The highest BCUT2D eigenvalue weighted by molar-refractivity contribution is 6.19. The molecule has 0 aliphatic rings. The fourth-order valence-electron chi connectivity index (χ4n) is 6.54. The lowest BCUT2D eigenvalue weighted by molar-refractivity contribution is 0.0686. The molecular formula is C36H44N2O4. The zero-order valence-corrected chi connectivity index (χ0v) is 25.1. The molecule has 0 radical (unpaired) electrons. The Kier molecular flexibility index (Phi) is 9.51. The number of aromatic nitrogens is 2. The summed E-state index contributed by atoms with van der Waals surface area (Å²) in [5.74, 6) is -1.85. The minimum Gasteiger partial charge on any atom is -0.478 e. The molecule has 0 unspecified atom stereocenters. The van der Waals surface area contributed by atoms with Crippen LogP contribution >= 0.6 is 0 Å². The summed E-state index contributed by atoms with van der Waals surface area (Å²) in [6, 6.07) is 15.4. The number of hydrogen-bond donors (Lipinski definition) is 2. The number of benzene rings is 3. The molecule has 0 amide bonds. The molecule has 0 saturated heterocycles. The molecule has 0 aliphatic heterocycles. The van der Waals surface area contributed by atoms with Crippen molar-refractivity contribution in [1.82, 2.24) is 9.13 Å². The Hall–Kier alpha value is -3.80. The van der Waals surface area contributed by atoms with Gasteiger partial charge in [0.1, 0.15) is 0 Å². The van der Waals surface area contributed by atoms with Crippen molar-refractivity contribution in [3.05, 3.63) is 59.7 Å². The lowest BCUT2D eigenvalue weighted by atomic mass is 10.1. The third-order valence-electron chi connectivity index (χ3n) is 8.82. The van der Waals surface area contributed by atoms with Crippen molar-refractivity contribution in [2.75, 3.05) is 0 Å². The molecule has 0 aliphatic carbocycles. The molecule has 2 heterocycles. The van der Waals surface area contributed by atoms with Crippen LogP contribution in [0.3, 0.4) is 0 Å². The van der Waals surface area contributed by atoms with Crippen LogP contribution in [0.4, 0.5) is 0 Å². The first-order valence-electron chi connectivity index (χ1n) is 15.9. The van der Waals surface area contributed by atoms with Crippen LogP contribution in [0, 0.1) is 0 Å². The molecule has 0 spiro atoms. The summed E-state index contributed by atoms with van der Waals surface area (Å²) in [4.78, 5) is 23.8. The van der Waals surface area contributed by atoms with Gasteiger partial charge in [0.2, 0.25) is 0 Å². The zero-order valence-electron chi connectivity index (χ0n) is 25.1. The molecule has 5 rings (SSSR count). The van der Waals surface area contributed by atoms with Crippen LogP contribution in [-0.4, -0.2) is 31.3 Å². The van der Waals surface area contributed by atoms with Crippen LogP contribution < -0.4 is 0 Å². The molecule has 0 saturated carbocycles. The number of fused-ring (bicyclic) bond motifs is 6. The van der Waals surface area contributed by atoms with E-state index in [1.165, 1.54) is 51.4 Å². The summed E-state index contributed by atoms with van der Waals surface area (Å²) in [7, 11) is 0. The average Bonchev–Trinajstić information content (AvgIpc) is 3.46. The van der Waals surface area contributed by atoms with Crippen molar-refractivity contribution in [2.45, 2.75) is 104 Å². The van der Waals surface area contributed by atoms with Crippen LogP contribution in [0.25, 0.3) is 43.6 Å². The fraction of sp³-hybridized carbons (Fsp3) is 0.444. The monoisotopic (exact) mass is 568 g/mol. The Morgan fingerprint density at radius 1 is 0.500 bits per heavy atom. The number of nitrogens with zero attached hydrogens (tertiary/aromatic N) is 2. The molecule has 5 aromatic rings. The standard InChI is InChI=1S/C36H44N2O4/c1-3-5-7-9-11-13-19-37-31-17-15-25(35(39)40)21-27(31)29-24-34-30(23-33(29)37)28-22-26(36(41)42)16-18-32(28)38(34)20-14-12-10-8-6-4-2/h15-18,21-24H,3-14,19-20H2,1-2H3,(H,39,40)(H,41,42). The van der Waals surface area contributed by atoms with Crippen molar-refractivity contribution < 1.29 is 19.8 Å². The average molecular weight is 569 g/mol. The molecule has 6 heteroatoms. The lowest BCUT2D eigenvalue weighted by Crippen LogP contribution is -1.99. The van der Waals surface area contributed by atoms with E-state index in [0.29, 0.717) is 11.1 Å². The SMILES string of the molecule is CCCCCCCCn1c2ccc(C(=O)O)cc2c2cc3c(cc21)c1cc(C(=O)O)ccc1n3CCCCCCCC. The predicted octanol–water partition coefficient (Wildman–Crippen LogP) is 10.0. The van der Waals surface area contributed by atoms with E-state index in [-0.39, 0.29) is 0 Å².